The number of halogens is 3. The maximum atomic E-state index is 13.6. The van der Waals surface area contributed by atoms with E-state index in [2.05, 4.69) is 10.1 Å². The number of nitrogens with one attached hydrogen (secondary N) is 1. The highest BCUT2D eigenvalue weighted by atomic mass is 19.4. The fourth-order valence-electron chi connectivity index (χ4n) is 4.30. The third-order valence-corrected chi connectivity index (χ3v) is 6.22. The minimum atomic E-state index is -4.84. The van der Waals surface area contributed by atoms with Crippen molar-refractivity contribution in [1.82, 2.24) is 9.80 Å². The van der Waals surface area contributed by atoms with Crippen molar-refractivity contribution in [3.63, 3.8) is 0 Å². The first-order valence-corrected chi connectivity index (χ1v) is 12.1. The predicted octanol–water partition coefficient (Wildman–Crippen LogP) is 4.22. The van der Waals surface area contributed by atoms with Crippen LogP contribution in [0.2, 0.25) is 0 Å². The number of alkyl halides is 3. The zero-order valence-corrected chi connectivity index (χ0v) is 21.0. The molecule has 1 unspecified atom stereocenters. The minimum absolute atomic E-state index is 0.0115. The lowest BCUT2D eigenvalue weighted by Crippen LogP contribution is -2.57. The fourth-order valence-corrected chi connectivity index (χ4v) is 4.30. The van der Waals surface area contributed by atoms with Gasteiger partial charge in [0.2, 0.25) is 0 Å². The van der Waals surface area contributed by atoms with Gasteiger partial charge in [-0.25, -0.2) is 0 Å². The molecule has 0 aromatic heterocycles. The van der Waals surface area contributed by atoms with E-state index in [1.807, 2.05) is 6.07 Å². The van der Waals surface area contributed by atoms with Crippen LogP contribution in [0.3, 0.4) is 0 Å². The smallest absolute Gasteiger partial charge is 0.484 e. The number of ether oxygens (including phenoxy) is 2. The lowest BCUT2D eigenvalue weighted by Gasteiger charge is -2.39. The van der Waals surface area contributed by atoms with Crippen molar-refractivity contribution in [2.75, 3.05) is 38.6 Å². The molecule has 0 saturated carbocycles. The second-order valence-corrected chi connectivity index (χ2v) is 8.73. The van der Waals surface area contributed by atoms with Crippen molar-refractivity contribution < 1.29 is 37.0 Å². The Kier molecular flexibility index (Phi) is 8.38. The third-order valence-electron chi connectivity index (χ3n) is 6.22. The summed E-state index contributed by atoms with van der Waals surface area (Å²) in [6.45, 7) is 0.129. The maximum Gasteiger partial charge on any atom is 0.573 e. The van der Waals surface area contributed by atoms with Crippen LogP contribution in [0.15, 0.2) is 72.8 Å². The molecule has 1 fully saturated rings. The summed E-state index contributed by atoms with van der Waals surface area (Å²) in [5.74, 6) is -0.601. The molecule has 2 amide bonds. The van der Waals surface area contributed by atoms with Crippen LogP contribution in [0.25, 0.3) is 11.1 Å². The van der Waals surface area contributed by atoms with Gasteiger partial charge in [0.05, 0.1) is 5.56 Å². The number of benzene rings is 3. The molecule has 0 aliphatic carbocycles. The Morgan fingerprint density at radius 3 is 2.38 bits per heavy atom. The number of aldehydes is 1. The second kappa shape index (κ2) is 11.9. The van der Waals surface area contributed by atoms with E-state index in [9.17, 15) is 27.6 Å². The number of para-hydroxylation sites is 1. The molecule has 0 radical (unpaired) electrons. The summed E-state index contributed by atoms with van der Waals surface area (Å²) in [4.78, 5) is 41.1. The third kappa shape index (κ3) is 6.86. The minimum Gasteiger partial charge on any atom is -0.484 e. The van der Waals surface area contributed by atoms with Crippen LogP contribution in [0.5, 0.6) is 11.5 Å². The molecule has 1 N–H and O–H groups in total. The molecule has 1 saturated heterocycles. The van der Waals surface area contributed by atoms with Crippen LogP contribution in [-0.4, -0.2) is 73.6 Å². The Labute approximate surface area is 222 Å². The Bertz CT molecular complexity index is 1330. The molecule has 1 aliphatic heterocycles. The summed E-state index contributed by atoms with van der Waals surface area (Å²) in [5.41, 5.74) is 1.61. The van der Waals surface area contributed by atoms with Gasteiger partial charge in [0, 0.05) is 32.4 Å². The number of carbonyl (C=O) groups is 3. The summed E-state index contributed by atoms with van der Waals surface area (Å²) < 4.78 is 47.6. The number of anilines is 1. The molecule has 39 heavy (non-hydrogen) atoms. The summed E-state index contributed by atoms with van der Waals surface area (Å²) in [5, 5.41) is 2.94. The molecule has 204 valence electrons. The van der Waals surface area contributed by atoms with Gasteiger partial charge in [-0.3, -0.25) is 9.59 Å². The van der Waals surface area contributed by atoms with Crippen molar-refractivity contribution in [2.24, 2.45) is 0 Å². The van der Waals surface area contributed by atoms with E-state index in [-0.39, 0.29) is 43.5 Å². The van der Waals surface area contributed by atoms with Gasteiger partial charge in [0.1, 0.15) is 23.8 Å². The van der Waals surface area contributed by atoms with Gasteiger partial charge in [0.15, 0.2) is 6.61 Å². The molecular weight excluding hydrogens is 515 g/mol. The van der Waals surface area contributed by atoms with Crippen LogP contribution in [0, 0.1) is 0 Å². The van der Waals surface area contributed by atoms with E-state index >= 15 is 0 Å². The molecule has 1 heterocycles. The van der Waals surface area contributed by atoms with Crippen molar-refractivity contribution in [2.45, 2.75) is 12.4 Å². The molecule has 11 heteroatoms. The van der Waals surface area contributed by atoms with Gasteiger partial charge >= 0.3 is 6.36 Å². The summed E-state index contributed by atoms with van der Waals surface area (Å²) in [6, 6.07) is 18.3. The largest absolute Gasteiger partial charge is 0.573 e. The van der Waals surface area contributed by atoms with Gasteiger partial charge in [-0.2, -0.15) is 0 Å². The molecule has 3 aromatic carbocycles. The highest BCUT2D eigenvalue weighted by Crippen LogP contribution is 2.31. The average Bonchev–Trinajstić information content (AvgIpc) is 2.94. The SMILES string of the molecule is CNc1ccc(-c2cccc(OC(F)(F)F)c2)cc1C(=O)N1CCN(C(=O)COc2ccccc2)CC1C=O. The second-order valence-electron chi connectivity index (χ2n) is 8.73. The van der Waals surface area contributed by atoms with E-state index in [4.69, 9.17) is 4.74 Å². The molecule has 4 rings (SSSR count). The van der Waals surface area contributed by atoms with Crippen molar-refractivity contribution in [1.29, 1.82) is 0 Å². The number of amides is 2. The van der Waals surface area contributed by atoms with Gasteiger partial charge in [-0.1, -0.05) is 36.4 Å². The lowest BCUT2D eigenvalue weighted by molar-refractivity contribution is -0.274. The lowest BCUT2D eigenvalue weighted by atomic mass is 10.00. The number of hydrogen-bond acceptors (Lipinski definition) is 6. The van der Waals surface area contributed by atoms with Gasteiger partial charge < -0.3 is 29.4 Å². The molecule has 0 bridgehead atoms. The first-order valence-electron chi connectivity index (χ1n) is 12.1. The average molecular weight is 542 g/mol. The maximum absolute atomic E-state index is 13.6. The number of piperazine rings is 1. The van der Waals surface area contributed by atoms with Crippen LogP contribution in [0.1, 0.15) is 10.4 Å². The monoisotopic (exact) mass is 541 g/mol. The predicted molar refractivity (Wildman–Crippen MR) is 138 cm³/mol. The van der Waals surface area contributed by atoms with Crippen molar-refractivity contribution in [3.8, 4) is 22.6 Å². The molecular formula is C28H26F3N3O5. The number of nitrogens with zero attached hydrogens (tertiary/aromatic N) is 2. The van der Waals surface area contributed by atoms with Crippen molar-refractivity contribution >= 4 is 23.8 Å². The van der Waals surface area contributed by atoms with Gasteiger partial charge in [-0.15, -0.1) is 13.2 Å². The summed E-state index contributed by atoms with van der Waals surface area (Å²) >= 11 is 0. The van der Waals surface area contributed by atoms with Gasteiger partial charge in [-0.05, 0) is 47.5 Å². The Hall–Kier alpha value is -4.54. The van der Waals surface area contributed by atoms with E-state index in [0.717, 1.165) is 0 Å². The highest BCUT2D eigenvalue weighted by Gasteiger charge is 2.34. The summed E-state index contributed by atoms with van der Waals surface area (Å²) in [7, 11) is 1.63. The van der Waals surface area contributed by atoms with Gasteiger partial charge in [0.25, 0.3) is 11.8 Å². The molecule has 8 nitrogen and oxygen atoms in total. The van der Waals surface area contributed by atoms with Crippen LogP contribution < -0.4 is 14.8 Å². The Balaban J connectivity index is 1.50. The van der Waals surface area contributed by atoms with E-state index in [1.165, 1.54) is 28.0 Å². The zero-order chi connectivity index (χ0) is 28.0. The standard InChI is InChI=1S/C28H26F3N3O5/c1-32-25-11-10-20(19-6-5-9-23(14-19)39-28(29,30)31)15-24(25)27(37)34-13-12-33(16-21(34)17-35)26(36)18-38-22-7-3-2-4-8-22/h2-11,14-15,17,21,32H,12-13,16,18H2,1H3. The number of carbonyl (C=O) groups excluding carboxylic acids is 3. The quantitative estimate of drug-likeness (QED) is 0.430. The van der Waals surface area contributed by atoms with E-state index < -0.39 is 18.3 Å². The first kappa shape index (κ1) is 27.5. The van der Waals surface area contributed by atoms with Crippen LogP contribution >= 0.6 is 0 Å². The Morgan fingerprint density at radius 2 is 1.69 bits per heavy atom. The van der Waals surface area contributed by atoms with Crippen LogP contribution in [0.4, 0.5) is 18.9 Å². The summed E-state index contributed by atoms with van der Waals surface area (Å²) in [6.07, 6.45) is -4.22. The molecule has 3 aromatic rings. The first-order chi connectivity index (χ1) is 18.7. The number of rotatable bonds is 8. The van der Waals surface area contributed by atoms with Crippen LogP contribution in [-0.2, 0) is 9.59 Å². The molecule has 0 spiro atoms. The highest BCUT2D eigenvalue weighted by molar-refractivity contribution is 6.02. The fraction of sp³-hybridized carbons (Fsp3) is 0.250. The molecule has 1 atom stereocenters. The molecule has 1 aliphatic rings. The zero-order valence-electron chi connectivity index (χ0n) is 21.0. The normalized spacial score (nSPS) is 15.4. The number of hydrogen-bond donors (Lipinski definition) is 1. The Morgan fingerprint density at radius 1 is 0.974 bits per heavy atom. The van der Waals surface area contributed by atoms with E-state index in [1.54, 1.807) is 55.6 Å². The topological polar surface area (TPSA) is 88.2 Å². The van der Waals surface area contributed by atoms with E-state index in [0.29, 0.717) is 28.8 Å². The van der Waals surface area contributed by atoms with Crippen molar-refractivity contribution in [3.05, 3.63) is 78.4 Å².